The quantitative estimate of drug-likeness (QED) is 0.769. The fourth-order valence-corrected chi connectivity index (χ4v) is 4.07. The smallest absolute Gasteiger partial charge is 0.435 e. The molecule has 0 unspecified atom stereocenters. The van der Waals surface area contributed by atoms with Crippen LogP contribution in [0.1, 0.15) is 31.5 Å². The van der Waals surface area contributed by atoms with Crippen LogP contribution in [0.2, 0.25) is 0 Å². The van der Waals surface area contributed by atoms with Gasteiger partial charge in [-0.25, -0.2) is 4.98 Å². The molecule has 1 aromatic heterocycles. The van der Waals surface area contributed by atoms with Crippen molar-refractivity contribution in [3.05, 3.63) is 38.8 Å². The number of carbonyl (C=O) groups is 2. The van der Waals surface area contributed by atoms with Crippen LogP contribution in [0.4, 0.5) is 13.2 Å². The Balaban J connectivity index is 1.66. The molecule has 0 radical (unpaired) electrons. The summed E-state index contributed by atoms with van der Waals surface area (Å²) >= 11 is 0.641. The molecule has 0 fully saturated rings. The van der Waals surface area contributed by atoms with Crippen molar-refractivity contribution < 1.29 is 32.2 Å². The van der Waals surface area contributed by atoms with E-state index in [-0.39, 0.29) is 5.01 Å². The Morgan fingerprint density at radius 2 is 1.83 bits per heavy atom. The second-order valence-corrected chi connectivity index (χ2v) is 7.84. The van der Waals surface area contributed by atoms with Gasteiger partial charge in [-0.3, -0.25) is 9.59 Å². The van der Waals surface area contributed by atoms with Gasteiger partial charge in [0.1, 0.15) is 4.88 Å². The van der Waals surface area contributed by atoms with Gasteiger partial charge in [0.2, 0.25) is 5.91 Å². The number of aryl methyl sites for hydroxylation is 1. The lowest BCUT2D eigenvalue weighted by molar-refractivity contribution is -0.141. The van der Waals surface area contributed by atoms with Crippen LogP contribution in [-0.2, 0) is 23.9 Å². The molecular formula is C19H20F3N3O4S. The highest BCUT2D eigenvalue weighted by molar-refractivity contribution is 7.13. The van der Waals surface area contributed by atoms with Gasteiger partial charge in [0.05, 0.1) is 25.8 Å². The first-order valence-electron chi connectivity index (χ1n) is 8.98. The fraction of sp³-hybridized carbons (Fsp3) is 0.421. The third-order valence-electron chi connectivity index (χ3n) is 4.68. The first-order chi connectivity index (χ1) is 14.1. The van der Waals surface area contributed by atoms with Crippen LogP contribution < -0.4 is 14.8 Å². The SMILES string of the molecule is COc1cc2c(cc1OC)CN(C(=O)CNC(=O)c1sc(C)nc1C(F)(F)F)CC2. The van der Waals surface area contributed by atoms with Crippen molar-refractivity contribution in [1.29, 1.82) is 0 Å². The molecule has 7 nitrogen and oxygen atoms in total. The van der Waals surface area contributed by atoms with E-state index in [1.807, 2.05) is 6.07 Å². The van der Waals surface area contributed by atoms with Crippen molar-refractivity contribution in [2.75, 3.05) is 27.3 Å². The molecule has 3 rings (SSSR count). The molecule has 162 valence electrons. The van der Waals surface area contributed by atoms with E-state index in [9.17, 15) is 22.8 Å². The summed E-state index contributed by atoms with van der Waals surface area (Å²) in [6.45, 7) is 1.70. The highest BCUT2D eigenvalue weighted by Gasteiger charge is 2.39. The number of ether oxygens (including phenoxy) is 2. The number of hydrogen-bond donors (Lipinski definition) is 1. The second-order valence-electron chi connectivity index (χ2n) is 6.63. The van der Waals surface area contributed by atoms with Crippen molar-refractivity contribution in [2.45, 2.75) is 26.1 Å². The summed E-state index contributed by atoms with van der Waals surface area (Å²) in [5.41, 5.74) is 0.676. The highest BCUT2D eigenvalue weighted by Crippen LogP contribution is 2.34. The molecule has 1 aliphatic rings. The van der Waals surface area contributed by atoms with Crippen LogP contribution in [0.5, 0.6) is 11.5 Å². The zero-order valence-corrected chi connectivity index (χ0v) is 17.4. The minimum Gasteiger partial charge on any atom is -0.493 e. The molecule has 2 aromatic rings. The monoisotopic (exact) mass is 443 g/mol. The largest absolute Gasteiger partial charge is 0.493 e. The van der Waals surface area contributed by atoms with E-state index < -0.39 is 35.1 Å². The lowest BCUT2D eigenvalue weighted by Crippen LogP contribution is -2.42. The van der Waals surface area contributed by atoms with Gasteiger partial charge in [0.25, 0.3) is 5.91 Å². The number of nitrogens with zero attached hydrogens (tertiary/aromatic N) is 2. The summed E-state index contributed by atoms with van der Waals surface area (Å²) in [6.07, 6.45) is -4.15. The lowest BCUT2D eigenvalue weighted by Gasteiger charge is -2.29. The molecule has 0 bridgehead atoms. The van der Waals surface area contributed by atoms with Crippen LogP contribution in [-0.4, -0.2) is 49.0 Å². The van der Waals surface area contributed by atoms with Gasteiger partial charge in [0.15, 0.2) is 17.2 Å². The standard InChI is InChI=1S/C19H20F3N3O4S/c1-10-24-17(19(20,21)22)16(30-10)18(27)23-8-15(26)25-5-4-11-6-13(28-2)14(29-3)7-12(11)9-25/h6-7H,4-5,8-9H2,1-3H3,(H,23,27). The van der Waals surface area contributed by atoms with Crippen LogP contribution in [0.15, 0.2) is 12.1 Å². The Morgan fingerprint density at radius 3 is 2.43 bits per heavy atom. The van der Waals surface area contributed by atoms with Gasteiger partial charge in [-0.1, -0.05) is 0 Å². The first-order valence-corrected chi connectivity index (χ1v) is 9.80. The molecule has 1 aromatic carbocycles. The average Bonchev–Trinajstić information content (AvgIpc) is 3.12. The lowest BCUT2D eigenvalue weighted by atomic mass is 9.98. The number of hydrogen-bond acceptors (Lipinski definition) is 6. The van der Waals surface area contributed by atoms with Gasteiger partial charge in [-0.05, 0) is 36.6 Å². The summed E-state index contributed by atoms with van der Waals surface area (Å²) in [7, 11) is 3.06. The molecule has 11 heteroatoms. The Labute approximate surface area is 174 Å². The van der Waals surface area contributed by atoms with Crippen molar-refractivity contribution in [3.8, 4) is 11.5 Å². The van der Waals surface area contributed by atoms with Gasteiger partial charge in [-0.2, -0.15) is 13.2 Å². The number of rotatable bonds is 5. The number of halogens is 3. The molecule has 0 saturated heterocycles. The van der Waals surface area contributed by atoms with E-state index in [2.05, 4.69) is 10.3 Å². The molecule has 2 amide bonds. The van der Waals surface area contributed by atoms with E-state index in [4.69, 9.17) is 9.47 Å². The molecule has 0 aliphatic carbocycles. The van der Waals surface area contributed by atoms with E-state index in [0.29, 0.717) is 42.3 Å². The summed E-state index contributed by atoms with van der Waals surface area (Å²) in [5.74, 6) is -0.216. The molecule has 30 heavy (non-hydrogen) atoms. The van der Waals surface area contributed by atoms with Crippen LogP contribution in [0.3, 0.4) is 0 Å². The Morgan fingerprint density at radius 1 is 1.20 bits per heavy atom. The second kappa shape index (κ2) is 8.50. The van der Waals surface area contributed by atoms with Gasteiger partial charge in [0, 0.05) is 13.1 Å². The molecule has 0 spiro atoms. The van der Waals surface area contributed by atoms with E-state index in [1.54, 1.807) is 13.2 Å². The van der Waals surface area contributed by atoms with Crippen molar-refractivity contribution in [3.63, 3.8) is 0 Å². The predicted molar refractivity (Wildman–Crippen MR) is 103 cm³/mol. The summed E-state index contributed by atoms with van der Waals surface area (Å²) < 4.78 is 49.7. The van der Waals surface area contributed by atoms with Gasteiger partial charge < -0.3 is 19.7 Å². The molecule has 1 N–H and O–H groups in total. The molecular weight excluding hydrogens is 423 g/mol. The maximum absolute atomic E-state index is 13.0. The number of alkyl halides is 3. The van der Waals surface area contributed by atoms with Crippen molar-refractivity contribution >= 4 is 23.2 Å². The number of methoxy groups -OCH3 is 2. The normalized spacial score (nSPS) is 13.6. The highest BCUT2D eigenvalue weighted by atomic mass is 32.1. The van der Waals surface area contributed by atoms with Crippen LogP contribution in [0.25, 0.3) is 0 Å². The topological polar surface area (TPSA) is 80.8 Å². The van der Waals surface area contributed by atoms with Gasteiger partial charge >= 0.3 is 6.18 Å². The molecule has 0 saturated carbocycles. The number of nitrogens with one attached hydrogen (secondary N) is 1. The minimum absolute atomic E-state index is 0.121. The number of thiazole rings is 1. The summed E-state index contributed by atoms with van der Waals surface area (Å²) in [5, 5.41) is 2.40. The Kier molecular flexibility index (Phi) is 6.20. The van der Waals surface area contributed by atoms with E-state index >= 15 is 0 Å². The fourth-order valence-electron chi connectivity index (χ4n) is 3.22. The number of benzene rings is 1. The summed E-state index contributed by atoms with van der Waals surface area (Å²) in [4.78, 5) is 29.1. The van der Waals surface area contributed by atoms with Crippen molar-refractivity contribution in [2.24, 2.45) is 0 Å². The zero-order valence-electron chi connectivity index (χ0n) is 16.6. The Hall–Kier alpha value is -2.82. The van der Waals surface area contributed by atoms with Crippen LogP contribution in [0, 0.1) is 6.92 Å². The number of amides is 2. The maximum atomic E-state index is 13.0. The molecule has 0 atom stereocenters. The number of aromatic nitrogens is 1. The predicted octanol–water partition coefficient (Wildman–Crippen LogP) is 2.80. The Bertz CT molecular complexity index is 975. The third kappa shape index (κ3) is 4.50. The molecule has 2 heterocycles. The number of fused-ring (bicyclic) bond motifs is 1. The summed E-state index contributed by atoms with van der Waals surface area (Å²) in [6, 6.07) is 3.66. The number of carbonyl (C=O) groups excluding carboxylic acids is 2. The minimum atomic E-state index is -4.74. The third-order valence-corrected chi connectivity index (χ3v) is 5.65. The van der Waals surface area contributed by atoms with Crippen molar-refractivity contribution in [1.82, 2.24) is 15.2 Å². The van der Waals surface area contributed by atoms with Crippen LogP contribution >= 0.6 is 11.3 Å². The van der Waals surface area contributed by atoms with E-state index in [0.717, 1.165) is 11.1 Å². The van der Waals surface area contributed by atoms with E-state index in [1.165, 1.54) is 18.9 Å². The average molecular weight is 443 g/mol. The molecule has 1 aliphatic heterocycles. The zero-order chi connectivity index (χ0) is 22.1. The first kappa shape index (κ1) is 21.9. The maximum Gasteiger partial charge on any atom is 0.435 e. The van der Waals surface area contributed by atoms with Gasteiger partial charge in [-0.15, -0.1) is 11.3 Å².